The molecular weight excluding hydrogens is 226 g/mol. The Morgan fingerprint density at radius 1 is 1.39 bits per heavy atom. The van der Waals surface area contributed by atoms with Gasteiger partial charge < -0.3 is 15.2 Å². The number of ether oxygens (including phenoxy) is 2. The fourth-order valence-electron chi connectivity index (χ4n) is 2.77. The van der Waals surface area contributed by atoms with Crippen LogP contribution in [0.4, 0.5) is 0 Å². The van der Waals surface area contributed by atoms with E-state index in [0.29, 0.717) is 6.10 Å². The molecule has 0 spiro atoms. The van der Waals surface area contributed by atoms with Crippen LogP contribution < -0.4 is 10.5 Å². The van der Waals surface area contributed by atoms with Crippen LogP contribution in [0, 0.1) is 13.8 Å². The molecule has 1 aromatic carbocycles. The first-order chi connectivity index (χ1) is 8.61. The van der Waals surface area contributed by atoms with Crippen molar-refractivity contribution in [3.8, 4) is 5.75 Å². The lowest BCUT2D eigenvalue weighted by molar-refractivity contribution is 0.0983. The van der Waals surface area contributed by atoms with Crippen LogP contribution in [0.25, 0.3) is 0 Å². The highest BCUT2D eigenvalue weighted by Gasteiger charge is 2.20. The van der Waals surface area contributed by atoms with Crippen LogP contribution >= 0.6 is 0 Å². The second-order valence-electron chi connectivity index (χ2n) is 5.17. The van der Waals surface area contributed by atoms with Crippen molar-refractivity contribution in [2.24, 2.45) is 5.73 Å². The van der Waals surface area contributed by atoms with E-state index < -0.39 is 0 Å². The van der Waals surface area contributed by atoms with Crippen LogP contribution in [0.5, 0.6) is 5.75 Å². The lowest BCUT2D eigenvalue weighted by atomic mass is 9.96. The van der Waals surface area contributed by atoms with Gasteiger partial charge in [-0.1, -0.05) is 12.1 Å². The van der Waals surface area contributed by atoms with Gasteiger partial charge in [0.25, 0.3) is 0 Å². The maximum Gasteiger partial charge on any atom is 0.124 e. The summed E-state index contributed by atoms with van der Waals surface area (Å²) in [6.45, 7) is 5.01. The zero-order valence-corrected chi connectivity index (χ0v) is 11.5. The molecule has 18 heavy (non-hydrogen) atoms. The molecule has 100 valence electrons. The zero-order chi connectivity index (χ0) is 13.1. The molecule has 2 rings (SSSR count). The average molecular weight is 249 g/mol. The maximum atomic E-state index is 6.28. The van der Waals surface area contributed by atoms with E-state index in [1.165, 1.54) is 5.56 Å². The molecule has 0 saturated carbocycles. The van der Waals surface area contributed by atoms with Crippen molar-refractivity contribution in [2.75, 3.05) is 13.7 Å². The summed E-state index contributed by atoms with van der Waals surface area (Å²) in [5, 5.41) is 0. The van der Waals surface area contributed by atoms with Gasteiger partial charge in [0.1, 0.15) is 5.75 Å². The smallest absolute Gasteiger partial charge is 0.124 e. The summed E-state index contributed by atoms with van der Waals surface area (Å²) < 4.78 is 11.0. The fourth-order valence-corrected chi connectivity index (χ4v) is 2.77. The molecule has 0 amide bonds. The number of hydrogen-bond acceptors (Lipinski definition) is 3. The molecule has 3 nitrogen and oxygen atoms in total. The highest BCUT2D eigenvalue weighted by atomic mass is 16.5. The Bertz CT molecular complexity index is 388. The minimum Gasteiger partial charge on any atom is -0.496 e. The van der Waals surface area contributed by atoms with E-state index in [2.05, 4.69) is 26.0 Å². The number of rotatable bonds is 4. The third-order valence-electron chi connectivity index (χ3n) is 3.66. The SMILES string of the molecule is COc1c(C)cc(C(N)CC2CCCO2)cc1C. The van der Waals surface area contributed by atoms with E-state index >= 15 is 0 Å². The van der Waals surface area contributed by atoms with E-state index in [-0.39, 0.29) is 6.04 Å². The number of methoxy groups -OCH3 is 1. The van der Waals surface area contributed by atoms with E-state index in [1.54, 1.807) is 7.11 Å². The minimum absolute atomic E-state index is 0.0522. The van der Waals surface area contributed by atoms with Crippen molar-refractivity contribution in [2.45, 2.75) is 45.3 Å². The molecule has 1 fully saturated rings. The maximum absolute atomic E-state index is 6.28. The van der Waals surface area contributed by atoms with E-state index in [9.17, 15) is 0 Å². The lowest BCUT2D eigenvalue weighted by Gasteiger charge is -2.19. The van der Waals surface area contributed by atoms with Crippen molar-refractivity contribution in [3.63, 3.8) is 0 Å². The Morgan fingerprint density at radius 3 is 2.56 bits per heavy atom. The molecule has 1 saturated heterocycles. The number of hydrogen-bond donors (Lipinski definition) is 1. The Kier molecular flexibility index (Phi) is 4.25. The molecule has 2 N–H and O–H groups in total. The topological polar surface area (TPSA) is 44.5 Å². The number of nitrogens with two attached hydrogens (primary N) is 1. The predicted molar refractivity (Wildman–Crippen MR) is 73.0 cm³/mol. The Morgan fingerprint density at radius 2 is 2.06 bits per heavy atom. The summed E-state index contributed by atoms with van der Waals surface area (Å²) in [6, 6.07) is 4.31. The molecule has 1 aliphatic heterocycles. The second-order valence-corrected chi connectivity index (χ2v) is 5.17. The molecule has 1 aromatic rings. The van der Waals surface area contributed by atoms with Gasteiger partial charge in [0.2, 0.25) is 0 Å². The highest BCUT2D eigenvalue weighted by molar-refractivity contribution is 5.44. The monoisotopic (exact) mass is 249 g/mol. The van der Waals surface area contributed by atoms with Crippen molar-refractivity contribution >= 4 is 0 Å². The Hall–Kier alpha value is -1.06. The van der Waals surface area contributed by atoms with Gasteiger partial charge in [-0.2, -0.15) is 0 Å². The zero-order valence-electron chi connectivity index (χ0n) is 11.5. The lowest BCUT2D eigenvalue weighted by Crippen LogP contribution is -2.18. The average Bonchev–Trinajstić information content (AvgIpc) is 2.81. The molecule has 3 heteroatoms. The first-order valence-corrected chi connectivity index (χ1v) is 6.64. The molecular formula is C15H23NO2. The highest BCUT2D eigenvalue weighted by Crippen LogP contribution is 2.29. The minimum atomic E-state index is 0.0522. The van der Waals surface area contributed by atoms with Crippen LogP contribution in [0.2, 0.25) is 0 Å². The van der Waals surface area contributed by atoms with Gasteiger partial charge in [0, 0.05) is 12.6 Å². The second kappa shape index (κ2) is 5.72. The fraction of sp³-hybridized carbons (Fsp3) is 0.600. The summed E-state index contributed by atoms with van der Waals surface area (Å²) in [4.78, 5) is 0. The first kappa shape index (κ1) is 13.4. The molecule has 0 bridgehead atoms. The van der Waals surface area contributed by atoms with Crippen molar-refractivity contribution in [3.05, 3.63) is 28.8 Å². The number of benzene rings is 1. The van der Waals surface area contributed by atoms with Gasteiger partial charge in [-0.05, 0) is 49.8 Å². The van der Waals surface area contributed by atoms with Crippen LogP contribution in [0.3, 0.4) is 0 Å². The molecule has 1 aliphatic rings. The third-order valence-corrected chi connectivity index (χ3v) is 3.66. The standard InChI is InChI=1S/C15H23NO2/c1-10-7-12(8-11(2)15(10)17-3)14(16)9-13-5-4-6-18-13/h7-8,13-14H,4-6,9,16H2,1-3H3. The number of aryl methyl sites for hydroxylation is 2. The summed E-state index contributed by atoms with van der Waals surface area (Å²) in [7, 11) is 1.71. The van der Waals surface area contributed by atoms with Gasteiger partial charge in [-0.15, -0.1) is 0 Å². The summed E-state index contributed by atoms with van der Waals surface area (Å²) in [6.07, 6.45) is 3.55. The van der Waals surface area contributed by atoms with Gasteiger partial charge >= 0.3 is 0 Å². The summed E-state index contributed by atoms with van der Waals surface area (Å²) in [5.74, 6) is 0.961. The van der Waals surface area contributed by atoms with Gasteiger partial charge in [0.05, 0.1) is 13.2 Å². The van der Waals surface area contributed by atoms with Crippen LogP contribution in [-0.2, 0) is 4.74 Å². The quantitative estimate of drug-likeness (QED) is 0.892. The van der Waals surface area contributed by atoms with E-state index in [4.69, 9.17) is 15.2 Å². The molecule has 0 radical (unpaired) electrons. The molecule has 0 aromatic heterocycles. The van der Waals surface area contributed by atoms with Crippen molar-refractivity contribution in [1.82, 2.24) is 0 Å². The largest absolute Gasteiger partial charge is 0.496 e. The Labute approximate surface area is 109 Å². The van der Waals surface area contributed by atoms with E-state index in [1.807, 2.05) is 0 Å². The Balaban J connectivity index is 2.12. The van der Waals surface area contributed by atoms with Crippen LogP contribution in [-0.4, -0.2) is 19.8 Å². The first-order valence-electron chi connectivity index (χ1n) is 6.64. The van der Waals surface area contributed by atoms with Gasteiger partial charge in [-0.3, -0.25) is 0 Å². The van der Waals surface area contributed by atoms with Gasteiger partial charge in [-0.25, -0.2) is 0 Å². The molecule has 0 aliphatic carbocycles. The van der Waals surface area contributed by atoms with Crippen LogP contribution in [0.1, 0.15) is 42.0 Å². The third kappa shape index (κ3) is 2.85. The summed E-state index contributed by atoms with van der Waals surface area (Å²) in [5.41, 5.74) is 9.76. The van der Waals surface area contributed by atoms with Crippen molar-refractivity contribution in [1.29, 1.82) is 0 Å². The van der Waals surface area contributed by atoms with E-state index in [0.717, 1.165) is 42.7 Å². The summed E-state index contributed by atoms with van der Waals surface area (Å²) >= 11 is 0. The van der Waals surface area contributed by atoms with Crippen LogP contribution in [0.15, 0.2) is 12.1 Å². The molecule has 2 unspecified atom stereocenters. The molecule has 1 heterocycles. The molecule has 2 atom stereocenters. The van der Waals surface area contributed by atoms with Gasteiger partial charge in [0.15, 0.2) is 0 Å². The van der Waals surface area contributed by atoms with Crippen molar-refractivity contribution < 1.29 is 9.47 Å². The predicted octanol–water partition coefficient (Wildman–Crippen LogP) is 2.88. The normalized spacial score (nSPS) is 21.0.